The average Bonchev–Trinajstić information content (AvgIpc) is 3.11. The highest BCUT2D eigenvalue weighted by molar-refractivity contribution is 7.28. The summed E-state index contributed by atoms with van der Waals surface area (Å²) in [5, 5.41) is 3.09. The van der Waals surface area contributed by atoms with Crippen molar-refractivity contribution in [2.45, 2.75) is 0 Å². The van der Waals surface area contributed by atoms with E-state index in [2.05, 4.69) is 11.4 Å². The van der Waals surface area contributed by atoms with Crippen molar-refractivity contribution >= 4 is 48.8 Å². The van der Waals surface area contributed by atoms with Crippen molar-refractivity contribution in [3.63, 3.8) is 0 Å². The Labute approximate surface area is 123 Å². The fourth-order valence-corrected chi connectivity index (χ4v) is 4.60. The Hall–Kier alpha value is -1.91. The average molecular weight is 297 g/mol. The smallest absolute Gasteiger partial charge is 0.205 e. The van der Waals surface area contributed by atoms with Gasteiger partial charge in [0.15, 0.2) is 0 Å². The van der Waals surface area contributed by atoms with Gasteiger partial charge in [-0.05, 0) is 23.6 Å². The number of rotatable bonds is 2. The van der Waals surface area contributed by atoms with Crippen LogP contribution >= 0.6 is 22.7 Å². The molecule has 4 aromatic rings. The maximum atomic E-state index is 12.7. The second-order valence-electron chi connectivity index (χ2n) is 4.76. The normalized spacial score (nSPS) is 11.4. The lowest BCUT2D eigenvalue weighted by atomic mass is 10.1. The molecule has 0 saturated heterocycles. The van der Waals surface area contributed by atoms with E-state index in [9.17, 15) is 4.79 Å². The van der Waals surface area contributed by atoms with Crippen LogP contribution in [0, 0.1) is 0 Å². The molecule has 4 rings (SSSR count). The number of nitrogens with zero attached hydrogens (tertiary/aromatic N) is 1. The number of para-hydroxylation sites is 1. The molecule has 4 heteroatoms. The van der Waals surface area contributed by atoms with Crippen molar-refractivity contribution < 1.29 is 4.79 Å². The van der Waals surface area contributed by atoms with E-state index in [0.29, 0.717) is 0 Å². The first-order valence-electron chi connectivity index (χ1n) is 6.30. The molecule has 3 aromatic heterocycles. The molecule has 1 aromatic carbocycles. The first kappa shape index (κ1) is 11.9. The molecule has 0 aliphatic rings. The van der Waals surface area contributed by atoms with E-state index in [1.54, 1.807) is 22.7 Å². The summed E-state index contributed by atoms with van der Waals surface area (Å²) in [7, 11) is 1.98. The molecule has 98 valence electrons. The van der Waals surface area contributed by atoms with Crippen molar-refractivity contribution in [1.82, 2.24) is 4.57 Å². The van der Waals surface area contributed by atoms with Crippen molar-refractivity contribution in [1.29, 1.82) is 0 Å². The minimum atomic E-state index is 0.121. The predicted octanol–water partition coefficient (Wildman–Crippen LogP) is 4.69. The van der Waals surface area contributed by atoms with Gasteiger partial charge in [-0.2, -0.15) is 0 Å². The van der Waals surface area contributed by atoms with Gasteiger partial charge in [-0.25, -0.2) is 0 Å². The van der Waals surface area contributed by atoms with Gasteiger partial charge in [0.1, 0.15) is 0 Å². The number of benzene rings is 1. The Morgan fingerprint density at radius 3 is 2.85 bits per heavy atom. The largest absolute Gasteiger partial charge is 0.350 e. The minimum Gasteiger partial charge on any atom is -0.350 e. The summed E-state index contributed by atoms with van der Waals surface area (Å²) in [4.78, 5) is 13.6. The summed E-state index contributed by atoms with van der Waals surface area (Å²) in [5.41, 5.74) is 1.88. The molecule has 0 aliphatic carbocycles. The fourth-order valence-electron chi connectivity index (χ4n) is 2.53. The SMILES string of the molecule is Cn1cc(C(=O)c2cc3sccc3s2)c2ccccc21. The molecule has 20 heavy (non-hydrogen) atoms. The van der Waals surface area contributed by atoms with Gasteiger partial charge in [0.05, 0.1) is 4.88 Å². The number of hydrogen-bond donors (Lipinski definition) is 0. The van der Waals surface area contributed by atoms with Crippen molar-refractivity contribution in [3.8, 4) is 0 Å². The van der Waals surface area contributed by atoms with E-state index in [1.807, 2.05) is 48.1 Å². The summed E-state index contributed by atoms with van der Waals surface area (Å²) in [6.07, 6.45) is 1.93. The van der Waals surface area contributed by atoms with E-state index in [0.717, 1.165) is 21.3 Å². The Balaban J connectivity index is 1.90. The highest BCUT2D eigenvalue weighted by atomic mass is 32.1. The predicted molar refractivity (Wildman–Crippen MR) is 86.1 cm³/mol. The number of hydrogen-bond acceptors (Lipinski definition) is 3. The van der Waals surface area contributed by atoms with Gasteiger partial charge in [-0.3, -0.25) is 4.79 Å². The second-order valence-corrected chi connectivity index (χ2v) is 6.79. The zero-order valence-electron chi connectivity index (χ0n) is 10.8. The molecule has 0 fully saturated rings. The van der Waals surface area contributed by atoms with Crippen LogP contribution in [0.2, 0.25) is 0 Å². The van der Waals surface area contributed by atoms with Gasteiger partial charge in [-0.15, -0.1) is 22.7 Å². The van der Waals surface area contributed by atoms with Gasteiger partial charge in [0.25, 0.3) is 0 Å². The molecule has 0 N–H and O–H groups in total. The van der Waals surface area contributed by atoms with Gasteiger partial charge >= 0.3 is 0 Å². The molecule has 0 radical (unpaired) electrons. The van der Waals surface area contributed by atoms with Crippen LogP contribution in [0.25, 0.3) is 20.3 Å². The fraction of sp³-hybridized carbons (Fsp3) is 0.0625. The molecule has 0 amide bonds. The quantitative estimate of drug-likeness (QED) is 0.492. The molecule has 0 aliphatic heterocycles. The summed E-state index contributed by atoms with van der Waals surface area (Å²) < 4.78 is 4.40. The van der Waals surface area contributed by atoms with E-state index < -0.39 is 0 Å². The van der Waals surface area contributed by atoms with Crippen LogP contribution in [0.5, 0.6) is 0 Å². The van der Waals surface area contributed by atoms with E-state index in [4.69, 9.17) is 0 Å². The van der Waals surface area contributed by atoms with Crippen LogP contribution in [0.1, 0.15) is 15.2 Å². The van der Waals surface area contributed by atoms with E-state index >= 15 is 0 Å². The third-order valence-corrected chi connectivity index (χ3v) is 5.60. The zero-order valence-corrected chi connectivity index (χ0v) is 12.4. The van der Waals surface area contributed by atoms with Crippen molar-refractivity contribution in [3.05, 3.63) is 58.4 Å². The summed E-state index contributed by atoms with van der Waals surface area (Å²) >= 11 is 3.26. The number of carbonyl (C=O) groups excluding carboxylic acids is 1. The summed E-state index contributed by atoms with van der Waals surface area (Å²) in [6, 6.07) is 12.1. The van der Waals surface area contributed by atoms with Crippen molar-refractivity contribution in [2.24, 2.45) is 7.05 Å². The van der Waals surface area contributed by atoms with Gasteiger partial charge in [0, 0.05) is 39.1 Å². The Morgan fingerprint density at radius 1 is 1.15 bits per heavy atom. The molecule has 0 saturated carbocycles. The molecule has 0 unspecified atom stereocenters. The third kappa shape index (κ3) is 1.65. The summed E-state index contributed by atoms with van der Waals surface area (Å²) in [5.74, 6) is 0.121. The number of ketones is 1. The van der Waals surface area contributed by atoms with Crippen LogP contribution in [-0.4, -0.2) is 10.4 Å². The maximum Gasteiger partial charge on any atom is 0.205 e. The van der Waals surface area contributed by atoms with Crippen molar-refractivity contribution in [2.75, 3.05) is 0 Å². The van der Waals surface area contributed by atoms with Crippen LogP contribution < -0.4 is 0 Å². The van der Waals surface area contributed by atoms with Crippen LogP contribution in [0.4, 0.5) is 0 Å². The minimum absolute atomic E-state index is 0.121. The van der Waals surface area contributed by atoms with Crippen LogP contribution in [0.3, 0.4) is 0 Å². The topological polar surface area (TPSA) is 22.0 Å². The number of aryl methyl sites for hydroxylation is 1. The maximum absolute atomic E-state index is 12.7. The number of fused-ring (bicyclic) bond motifs is 2. The molecule has 0 spiro atoms. The number of aromatic nitrogens is 1. The monoisotopic (exact) mass is 297 g/mol. The number of thiophene rings is 2. The van der Waals surface area contributed by atoms with Gasteiger partial charge < -0.3 is 4.57 Å². The molecule has 0 bridgehead atoms. The molecular formula is C16H11NOS2. The number of carbonyl (C=O) groups is 1. The van der Waals surface area contributed by atoms with Crippen LogP contribution in [-0.2, 0) is 7.05 Å². The van der Waals surface area contributed by atoms with Crippen LogP contribution in [0.15, 0.2) is 48.0 Å². The molecular weight excluding hydrogens is 286 g/mol. The summed E-state index contributed by atoms with van der Waals surface area (Å²) in [6.45, 7) is 0. The second kappa shape index (κ2) is 4.30. The first-order chi connectivity index (χ1) is 9.74. The van der Waals surface area contributed by atoms with Gasteiger partial charge in [-0.1, -0.05) is 18.2 Å². The standard InChI is InChI=1S/C16H11NOS2/c1-17-9-11(10-4-2-3-5-12(10)17)16(18)15-8-14-13(20-15)6-7-19-14/h2-9H,1H3. The Bertz CT molecular complexity index is 913. The Morgan fingerprint density at radius 2 is 2.00 bits per heavy atom. The molecule has 3 heterocycles. The van der Waals surface area contributed by atoms with E-state index in [1.165, 1.54) is 9.40 Å². The highest BCUT2D eigenvalue weighted by Crippen LogP contribution is 2.32. The first-order valence-corrected chi connectivity index (χ1v) is 7.99. The highest BCUT2D eigenvalue weighted by Gasteiger charge is 2.17. The molecule has 0 atom stereocenters. The van der Waals surface area contributed by atoms with Gasteiger partial charge in [0.2, 0.25) is 5.78 Å². The lowest BCUT2D eigenvalue weighted by Crippen LogP contribution is -1.97. The zero-order chi connectivity index (χ0) is 13.7. The lowest BCUT2D eigenvalue weighted by Gasteiger charge is -1.95. The molecule has 2 nitrogen and oxygen atoms in total. The Kier molecular flexibility index (Phi) is 2.55. The third-order valence-electron chi connectivity index (χ3n) is 3.50. The van der Waals surface area contributed by atoms with E-state index in [-0.39, 0.29) is 5.78 Å². The lowest BCUT2D eigenvalue weighted by molar-refractivity contribution is 0.104.